The lowest BCUT2D eigenvalue weighted by Gasteiger charge is -2.35. The molecule has 0 aliphatic heterocycles. The minimum absolute atomic E-state index is 0.596. The first-order valence-corrected chi connectivity index (χ1v) is 7.69. The van der Waals surface area contributed by atoms with Crippen LogP contribution in [0.15, 0.2) is 24.3 Å². The molecule has 1 aliphatic rings. The molecule has 3 unspecified atom stereocenters. The third kappa shape index (κ3) is 4.14. The number of methoxy groups -OCH3 is 1. The molecule has 1 aliphatic carbocycles. The van der Waals surface area contributed by atoms with E-state index in [2.05, 4.69) is 31.3 Å². The molecule has 0 spiro atoms. The van der Waals surface area contributed by atoms with Gasteiger partial charge in [-0.1, -0.05) is 26.7 Å². The van der Waals surface area contributed by atoms with E-state index in [0.717, 1.165) is 17.6 Å². The standard InChI is InChI=1S/C17H27NO2/c1-13-5-4-6-17(14(13)2)18-15-7-9-16(10-8-15)20-12-11-19-3/h7-10,13-14,17-18H,4-6,11-12H2,1-3H3. The Bertz CT molecular complexity index is 390. The number of benzene rings is 1. The van der Waals surface area contributed by atoms with Crippen molar-refractivity contribution in [1.82, 2.24) is 0 Å². The van der Waals surface area contributed by atoms with Gasteiger partial charge in [0.25, 0.3) is 0 Å². The number of nitrogens with one attached hydrogen (secondary N) is 1. The summed E-state index contributed by atoms with van der Waals surface area (Å²) < 4.78 is 10.5. The molecule has 3 heteroatoms. The van der Waals surface area contributed by atoms with Crippen molar-refractivity contribution in [1.29, 1.82) is 0 Å². The van der Waals surface area contributed by atoms with Gasteiger partial charge in [0.05, 0.1) is 6.61 Å². The zero-order valence-electron chi connectivity index (χ0n) is 12.9. The van der Waals surface area contributed by atoms with E-state index in [4.69, 9.17) is 9.47 Å². The van der Waals surface area contributed by atoms with Crippen LogP contribution in [0.25, 0.3) is 0 Å². The topological polar surface area (TPSA) is 30.5 Å². The Morgan fingerprint density at radius 1 is 1.10 bits per heavy atom. The monoisotopic (exact) mass is 277 g/mol. The van der Waals surface area contributed by atoms with Gasteiger partial charge in [-0.25, -0.2) is 0 Å². The third-order valence-electron chi connectivity index (χ3n) is 4.47. The molecule has 1 aromatic carbocycles. The van der Waals surface area contributed by atoms with Crippen molar-refractivity contribution < 1.29 is 9.47 Å². The van der Waals surface area contributed by atoms with Gasteiger partial charge in [0.1, 0.15) is 12.4 Å². The van der Waals surface area contributed by atoms with E-state index in [1.54, 1.807) is 7.11 Å². The largest absolute Gasteiger partial charge is 0.491 e. The average Bonchev–Trinajstić information content (AvgIpc) is 2.46. The molecule has 0 amide bonds. The normalized spacial score (nSPS) is 26.2. The van der Waals surface area contributed by atoms with E-state index in [0.29, 0.717) is 19.3 Å². The zero-order valence-corrected chi connectivity index (χ0v) is 12.9. The third-order valence-corrected chi connectivity index (χ3v) is 4.47. The van der Waals surface area contributed by atoms with Crippen LogP contribution in [0.1, 0.15) is 33.1 Å². The van der Waals surface area contributed by atoms with Crippen molar-refractivity contribution in [3.8, 4) is 5.75 Å². The fourth-order valence-corrected chi connectivity index (χ4v) is 2.89. The lowest BCUT2D eigenvalue weighted by atomic mass is 9.78. The predicted molar refractivity (Wildman–Crippen MR) is 83.4 cm³/mol. The second-order valence-corrected chi connectivity index (χ2v) is 5.88. The van der Waals surface area contributed by atoms with Crippen LogP contribution in [0.4, 0.5) is 5.69 Å². The fraction of sp³-hybridized carbons (Fsp3) is 0.647. The van der Waals surface area contributed by atoms with Crippen LogP contribution in [0.3, 0.4) is 0 Å². The molecular weight excluding hydrogens is 250 g/mol. The first-order chi connectivity index (χ1) is 9.70. The summed E-state index contributed by atoms with van der Waals surface area (Å²) in [6, 6.07) is 8.85. The molecule has 0 aromatic heterocycles. The second kappa shape index (κ2) is 7.53. The number of hydrogen-bond acceptors (Lipinski definition) is 3. The molecule has 3 nitrogen and oxygen atoms in total. The van der Waals surface area contributed by atoms with Crippen molar-refractivity contribution in [3.63, 3.8) is 0 Å². The van der Waals surface area contributed by atoms with Crippen molar-refractivity contribution in [2.75, 3.05) is 25.6 Å². The summed E-state index contributed by atoms with van der Waals surface area (Å²) in [6.07, 6.45) is 3.98. The summed E-state index contributed by atoms with van der Waals surface area (Å²) in [5.41, 5.74) is 1.19. The lowest BCUT2D eigenvalue weighted by molar-refractivity contribution is 0.146. The minimum Gasteiger partial charge on any atom is -0.491 e. The molecule has 0 saturated heterocycles. The zero-order chi connectivity index (χ0) is 14.4. The van der Waals surface area contributed by atoms with Crippen molar-refractivity contribution in [2.24, 2.45) is 11.8 Å². The highest BCUT2D eigenvalue weighted by Gasteiger charge is 2.26. The van der Waals surface area contributed by atoms with Gasteiger partial charge in [-0.3, -0.25) is 0 Å². The maximum Gasteiger partial charge on any atom is 0.119 e. The number of rotatable bonds is 6. The molecule has 2 rings (SSSR count). The van der Waals surface area contributed by atoms with Crippen LogP contribution < -0.4 is 10.1 Å². The van der Waals surface area contributed by atoms with Gasteiger partial charge in [0, 0.05) is 18.8 Å². The smallest absolute Gasteiger partial charge is 0.119 e. The summed E-state index contributed by atoms with van der Waals surface area (Å²) in [6.45, 7) is 5.95. The maximum atomic E-state index is 5.58. The second-order valence-electron chi connectivity index (χ2n) is 5.88. The van der Waals surface area contributed by atoms with Gasteiger partial charge in [-0.2, -0.15) is 0 Å². The molecule has 0 bridgehead atoms. The SMILES string of the molecule is COCCOc1ccc(NC2CCCC(C)C2C)cc1. The Balaban J connectivity index is 1.86. The van der Waals surface area contributed by atoms with Gasteiger partial charge in [-0.05, 0) is 42.5 Å². The molecule has 1 aromatic rings. The molecular formula is C17H27NO2. The lowest BCUT2D eigenvalue weighted by Crippen LogP contribution is -2.34. The predicted octanol–water partition coefficient (Wildman–Crippen LogP) is 3.95. The first kappa shape index (κ1) is 15.2. The van der Waals surface area contributed by atoms with Crippen molar-refractivity contribution >= 4 is 5.69 Å². The Morgan fingerprint density at radius 2 is 1.85 bits per heavy atom. The van der Waals surface area contributed by atoms with E-state index in [9.17, 15) is 0 Å². The minimum atomic E-state index is 0.596. The summed E-state index contributed by atoms with van der Waals surface area (Å²) in [4.78, 5) is 0. The Labute approximate surface area is 122 Å². The quantitative estimate of drug-likeness (QED) is 0.799. The van der Waals surface area contributed by atoms with Gasteiger partial charge < -0.3 is 14.8 Å². The van der Waals surface area contributed by atoms with Gasteiger partial charge in [-0.15, -0.1) is 0 Å². The van der Waals surface area contributed by atoms with E-state index in [1.165, 1.54) is 24.9 Å². The van der Waals surface area contributed by atoms with Gasteiger partial charge in [0.2, 0.25) is 0 Å². The molecule has 20 heavy (non-hydrogen) atoms. The van der Waals surface area contributed by atoms with E-state index >= 15 is 0 Å². The molecule has 0 heterocycles. The number of anilines is 1. The van der Waals surface area contributed by atoms with Crippen LogP contribution in [-0.4, -0.2) is 26.4 Å². The van der Waals surface area contributed by atoms with Crippen LogP contribution in [0, 0.1) is 11.8 Å². The van der Waals surface area contributed by atoms with Gasteiger partial charge >= 0.3 is 0 Å². The molecule has 1 N–H and O–H groups in total. The van der Waals surface area contributed by atoms with Crippen LogP contribution in [-0.2, 0) is 4.74 Å². The molecule has 112 valence electrons. The summed E-state index contributed by atoms with van der Waals surface area (Å²) >= 11 is 0. The number of hydrogen-bond donors (Lipinski definition) is 1. The van der Waals surface area contributed by atoms with E-state index < -0.39 is 0 Å². The van der Waals surface area contributed by atoms with Crippen LogP contribution in [0.2, 0.25) is 0 Å². The highest BCUT2D eigenvalue weighted by Crippen LogP contribution is 2.31. The van der Waals surface area contributed by atoms with E-state index in [1.807, 2.05) is 12.1 Å². The van der Waals surface area contributed by atoms with E-state index in [-0.39, 0.29) is 0 Å². The Kier molecular flexibility index (Phi) is 5.72. The summed E-state index contributed by atoms with van der Waals surface area (Å²) in [5, 5.41) is 3.68. The van der Waals surface area contributed by atoms with Crippen LogP contribution in [0.5, 0.6) is 5.75 Å². The summed E-state index contributed by atoms with van der Waals surface area (Å²) in [7, 11) is 1.68. The molecule has 1 saturated carbocycles. The molecule has 1 fully saturated rings. The van der Waals surface area contributed by atoms with Crippen molar-refractivity contribution in [2.45, 2.75) is 39.2 Å². The summed E-state index contributed by atoms with van der Waals surface area (Å²) in [5.74, 6) is 2.46. The number of ether oxygens (including phenoxy) is 2. The highest BCUT2D eigenvalue weighted by atomic mass is 16.5. The average molecular weight is 277 g/mol. The van der Waals surface area contributed by atoms with Gasteiger partial charge in [0.15, 0.2) is 0 Å². The fourth-order valence-electron chi connectivity index (χ4n) is 2.89. The Morgan fingerprint density at radius 3 is 2.55 bits per heavy atom. The Hall–Kier alpha value is -1.22. The molecule has 0 radical (unpaired) electrons. The van der Waals surface area contributed by atoms with Crippen molar-refractivity contribution in [3.05, 3.63) is 24.3 Å². The molecule has 3 atom stereocenters. The van der Waals surface area contributed by atoms with Crippen LogP contribution >= 0.6 is 0 Å². The first-order valence-electron chi connectivity index (χ1n) is 7.69. The highest BCUT2D eigenvalue weighted by molar-refractivity contribution is 5.47. The maximum absolute atomic E-state index is 5.58.